The number of ether oxygens (including phenoxy) is 3. The number of rotatable bonds is 8. The molecule has 4 rings (SSSR count). The lowest BCUT2D eigenvalue weighted by atomic mass is 10.2. The van der Waals surface area contributed by atoms with Crippen LogP contribution in [-0.2, 0) is 6.54 Å². The smallest absolute Gasteiger partial charge is 0.293 e. The van der Waals surface area contributed by atoms with E-state index in [-0.39, 0.29) is 11.7 Å². The van der Waals surface area contributed by atoms with E-state index in [1.54, 1.807) is 38.0 Å². The van der Waals surface area contributed by atoms with Crippen LogP contribution >= 0.6 is 0 Å². The van der Waals surface area contributed by atoms with E-state index in [0.29, 0.717) is 23.9 Å². The van der Waals surface area contributed by atoms with Gasteiger partial charge in [-0.3, -0.25) is 4.79 Å². The van der Waals surface area contributed by atoms with Crippen molar-refractivity contribution in [1.82, 2.24) is 19.7 Å². The zero-order valence-corrected chi connectivity index (χ0v) is 19.6. The predicted octanol–water partition coefficient (Wildman–Crippen LogP) is 4.23. The zero-order chi connectivity index (χ0) is 24.1. The molecule has 1 amide bonds. The normalized spacial score (nSPS) is 10.6. The topological polar surface area (TPSA) is 78.7 Å². The van der Waals surface area contributed by atoms with Crippen LogP contribution in [0.3, 0.4) is 0 Å². The van der Waals surface area contributed by atoms with Crippen LogP contribution in [0.15, 0.2) is 72.8 Å². The molecule has 0 N–H and O–H groups in total. The van der Waals surface area contributed by atoms with Crippen LogP contribution < -0.4 is 14.2 Å². The summed E-state index contributed by atoms with van der Waals surface area (Å²) in [6, 6.07) is 22.6. The van der Waals surface area contributed by atoms with E-state index in [2.05, 4.69) is 10.1 Å². The molecule has 1 heterocycles. The molecule has 0 bridgehead atoms. The summed E-state index contributed by atoms with van der Waals surface area (Å²) < 4.78 is 17.6. The van der Waals surface area contributed by atoms with E-state index in [1.807, 2.05) is 72.8 Å². The van der Waals surface area contributed by atoms with E-state index in [1.165, 1.54) is 0 Å². The molecule has 0 aliphatic rings. The Morgan fingerprint density at radius 3 is 2.24 bits per heavy atom. The molecule has 34 heavy (non-hydrogen) atoms. The van der Waals surface area contributed by atoms with Crippen LogP contribution in [0.1, 0.15) is 16.2 Å². The number of hydrogen-bond donors (Lipinski definition) is 0. The van der Waals surface area contributed by atoms with Gasteiger partial charge in [-0.05, 0) is 42.0 Å². The molecular weight excluding hydrogens is 432 g/mol. The summed E-state index contributed by atoms with van der Waals surface area (Å²) in [6.07, 6.45) is 0. The molecule has 8 nitrogen and oxygen atoms in total. The van der Waals surface area contributed by atoms with E-state index in [0.717, 1.165) is 22.6 Å². The summed E-state index contributed by atoms with van der Waals surface area (Å²) in [5.41, 5.74) is 2.52. The molecule has 0 aliphatic carbocycles. The van der Waals surface area contributed by atoms with Gasteiger partial charge in [-0.15, -0.1) is 5.10 Å². The summed E-state index contributed by atoms with van der Waals surface area (Å²) in [5, 5.41) is 4.56. The van der Waals surface area contributed by atoms with Crippen LogP contribution in [0, 0.1) is 0 Å². The van der Waals surface area contributed by atoms with Gasteiger partial charge in [0.15, 0.2) is 17.3 Å². The molecule has 1 aromatic heterocycles. The minimum absolute atomic E-state index is 0.109. The van der Waals surface area contributed by atoms with Gasteiger partial charge in [0.1, 0.15) is 5.75 Å². The van der Waals surface area contributed by atoms with Gasteiger partial charge in [0.2, 0.25) is 5.82 Å². The number of benzene rings is 3. The lowest BCUT2D eigenvalue weighted by Gasteiger charge is -2.16. The largest absolute Gasteiger partial charge is 0.497 e. The highest BCUT2D eigenvalue weighted by molar-refractivity contribution is 5.91. The molecular formula is C26H26N4O4. The number of hydrogen-bond acceptors (Lipinski definition) is 6. The molecule has 0 atom stereocenters. The molecule has 0 radical (unpaired) electrons. The molecule has 8 heteroatoms. The average molecular weight is 459 g/mol. The fourth-order valence-electron chi connectivity index (χ4n) is 3.58. The maximum atomic E-state index is 13.3. The first-order valence-electron chi connectivity index (χ1n) is 10.7. The second-order valence-corrected chi connectivity index (χ2v) is 7.59. The number of carbonyl (C=O) groups is 1. The molecule has 3 aromatic carbocycles. The van der Waals surface area contributed by atoms with Crippen LogP contribution in [0.4, 0.5) is 0 Å². The van der Waals surface area contributed by atoms with Gasteiger partial charge in [0, 0.05) is 19.2 Å². The Labute approximate surface area is 198 Å². The van der Waals surface area contributed by atoms with Gasteiger partial charge >= 0.3 is 0 Å². The predicted molar refractivity (Wildman–Crippen MR) is 129 cm³/mol. The van der Waals surface area contributed by atoms with Gasteiger partial charge < -0.3 is 19.1 Å². The summed E-state index contributed by atoms with van der Waals surface area (Å²) in [5.74, 6) is 2.36. The molecule has 0 unspecified atom stereocenters. The van der Waals surface area contributed by atoms with E-state index in [9.17, 15) is 4.79 Å². The van der Waals surface area contributed by atoms with Crippen molar-refractivity contribution in [1.29, 1.82) is 0 Å². The summed E-state index contributed by atoms with van der Waals surface area (Å²) in [4.78, 5) is 19.4. The maximum Gasteiger partial charge on any atom is 0.293 e. The van der Waals surface area contributed by atoms with Crippen molar-refractivity contribution < 1.29 is 19.0 Å². The fraction of sp³-hybridized carbons (Fsp3) is 0.192. The Morgan fingerprint density at radius 2 is 1.59 bits per heavy atom. The Balaban J connectivity index is 1.65. The van der Waals surface area contributed by atoms with Crippen LogP contribution in [0.25, 0.3) is 17.1 Å². The van der Waals surface area contributed by atoms with Crippen LogP contribution in [0.5, 0.6) is 17.2 Å². The lowest BCUT2D eigenvalue weighted by molar-refractivity contribution is 0.0773. The van der Waals surface area contributed by atoms with Crippen LogP contribution in [-0.4, -0.2) is 53.9 Å². The SMILES string of the molecule is COc1ccc(-n2nc(C(=O)N(C)Cc3ccc(OC)c(OC)c3)nc2-c2ccccc2)cc1. The highest BCUT2D eigenvalue weighted by Crippen LogP contribution is 2.28. The Hall–Kier alpha value is -4.33. The number of aromatic nitrogens is 3. The third-order valence-electron chi connectivity index (χ3n) is 5.36. The zero-order valence-electron chi connectivity index (χ0n) is 19.6. The minimum atomic E-state index is -0.292. The highest BCUT2D eigenvalue weighted by atomic mass is 16.5. The molecule has 0 saturated heterocycles. The standard InChI is InChI=1S/C26H26N4O4/c1-29(17-18-10-15-22(33-3)23(16-18)34-4)26(31)24-27-25(19-8-6-5-7-9-19)30(28-24)20-11-13-21(32-2)14-12-20/h5-16H,17H2,1-4H3. The van der Waals surface area contributed by atoms with E-state index >= 15 is 0 Å². The molecule has 0 fully saturated rings. The third kappa shape index (κ3) is 4.71. The number of methoxy groups -OCH3 is 3. The third-order valence-corrected chi connectivity index (χ3v) is 5.36. The Morgan fingerprint density at radius 1 is 0.882 bits per heavy atom. The first-order valence-corrected chi connectivity index (χ1v) is 10.7. The van der Waals surface area contributed by atoms with Gasteiger partial charge in [-0.1, -0.05) is 36.4 Å². The number of carbonyl (C=O) groups excluding carboxylic acids is 1. The Kier molecular flexibility index (Phi) is 6.77. The first kappa shape index (κ1) is 22.8. The van der Waals surface area contributed by atoms with Crippen molar-refractivity contribution in [2.75, 3.05) is 28.4 Å². The fourth-order valence-corrected chi connectivity index (χ4v) is 3.58. The van der Waals surface area contributed by atoms with Crippen molar-refractivity contribution >= 4 is 5.91 Å². The molecule has 0 spiro atoms. The second kappa shape index (κ2) is 10.1. The van der Waals surface area contributed by atoms with Crippen molar-refractivity contribution in [2.45, 2.75) is 6.54 Å². The van der Waals surface area contributed by atoms with Crippen molar-refractivity contribution in [3.63, 3.8) is 0 Å². The minimum Gasteiger partial charge on any atom is -0.497 e. The van der Waals surface area contributed by atoms with Gasteiger partial charge in [0.25, 0.3) is 5.91 Å². The van der Waals surface area contributed by atoms with Gasteiger partial charge in [-0.25, -0.2) is 9.67 Å². The summed E-state index contributed by atoms with van der Waals surface area (Å²) in [6.45, 7) is 0.358. The first-order chi connectivity index (χ1) is 16.5. The maximum absolute atomic E-state index is 13.3. The molecule has 4 aromatic rings. The van der Waals surface area contributed by atoms with Crippen molar-refractivity contribution in [3.05, 3.63) is 84.2 Å². The van der Waals surface area contributed by atoms with Crippen molar-refractivity contribution in [2.24, 2.45) is 0 Å². The number of amides is 1. The highest BCUT2D eigenvalue weighted by Gasteiger charge is 2.22. The van der Waals surface area contributed by atoms with Crippen LogP contribution in [0.2, 0.25) is 0 Å². The van der Waals surface area contributed by atoms with Gasteiger partial charge in [-0.2, -0.15) is 0 Å². The monoisotopic (exact) mass is 458 g/mol. The van der Waals surface area contributed by atoms with Gasteiger partial charge in [0.05, 0.1) is 27.0 Å². The Bertz CT molecular complexity index is 1270. The molecule has 174 valence electrons. The molecule has 0 aliphatic heterocycles. The molecule has 0 saturated carbocycles. The number of nitrogens with zero attached hydrogens (tertiary/aromatic N) is 4. The quantitative estimate of drug-likeness (QED) is 0.393. The summed E-state index contributed by atoms with van der Waals surface area (Å²) >= 11 is 0. The van der Waals surface area contributed by atoms with E-state index < -0.39 is 0 Å². The van der Waals surface area contributed by atoms with E-state index in [4.69, 9.17) is 14.2 Å². The van der Waals surface area contributed by atoms with Crippen molar-refractivity contribution in [3.8, 4) is 34.3 Å². The summed E-state index contributed by atoms with van der Waals surface area (Å²) in [7, 11) is 6.50. The second-order valence-electron chi connectivity index (χ2n) is 7.59. The average Bonchev–Trinajstić information content (AvgIpc) is 3.34. The lowest BCUT2D eigenvalue weighted by Crippen LogP contribution is -2.27.